The highest BCUT2D eigenvalue weighted by Gasteiger charge is 2.11. The molecule has 2 aromatic heterocycles. The van der Waals surface area contributed by atoms with E-state index in [0.717, 1.165) is 6.20 Å². The Hall–Kier alpha value is -2.01. The van der Waals surface area contributed by atoms with Gasteiger partial charge in [0.25, 0.3) is 0 Å². The molecule has 2 aromatic rings. The minimum absolute atomic E-state index is 0.0952. The Morgan fingerprint density at radius 1 is 1.63 bits per heavy atom. The second-order valence-electron chi connectivity index (χ2n) is 3.66. The fourth-order valence-corrected chi connectivity index (χ4v) is 1.74. The molecule has 0 unspecified atom stereocenters. The number of carboxylic acids is 1. The molecule has 0 saturated heterocycles. The summed E-state index contributed by atoms with van der Waals surface area (Å²) in [5.41, 5.74) is 0.560. The maximum Gasteiger partial charge on any atom is 0.352 e. The summed E-state index contributed by atoms with van der Waals surface area (Å²) in [6.45, 7) is -6.35. The minimum Gasteiger partial charge on any atom is -0.477 e. The summed E-state index contributed by atoms with van der Waals surface area (Å²) in [5, 5.41) is 11.2. The van der Waals surface area contributed by atoms with Crippen molar-refractivity contribution in [3.8, 4) is 11.1 Å². The Morgan fingerprint density at radius 2 is 2.42 bits per heavy atom. The maximum atomic E-state index is 11.0. The Balaban J connectivity index is 2.47. The molecule has 0 fully saturated rings. The number of rotatable bonds is 4. The molecule has 6 heteroatoms. The molecule has 0 spiro atoms. The van der Waals surface area contributed by atoms with Crippen LogP contribution in [0.25, 0.3) is 11.1 Å². The molecule has 0 saturated carbocycles. The second kappa shape index (κ2) is 5.32. The van der Waals surface area contributed by atoms with Crippen LogP contribution >= 0.6 is 11.6 Å². The van der Waals surface area contributed by atoms with Crippen molar-refractivity contribution in [3.63, 3.8) is 0 Å². The normalized spacial score (nSPS) is 18.1. The van der Waals surface area contributed by atoms with Crippen LogP contribution in [0.15, 0.2) is 24.5 Å². The van der Waals surface area contributed by atoms with Crippen LogP contribution in [0.3, 0.4) is 0 Å². The highest BCUT2D eigenvalue weighted by molar-refractivity contribution is 6.33. The van der Waals surface area contributed by atoms with Gasteiger partial charge in [0.15, 0.2) is 0 Å². The van der Waals surface area contributed by atoms with E-state index in [9.17, 15) is 4.79 Å². The average molecular weight is 287 g/mol. The van der Waals surface area contributed by atoms with E-state index in [1.54, 1.807) is 0 Å². The van der Waals surface area contributed by atoms with Crippen LogP contribution in [-0.2, 0) is 0 Å². The van der Waals surface area contributed by atoms with Crippen molar-refractivity contribution in [1.29, 1.82) is 0 Å². The zero-order valence-corrected chi connectivity index (χ0v) is 10.2. The first-order valence-corrected chi connectivity index (χ1v) is 5.50. The number of carboxylic acid groups (broad SMARTS) is 1. The maximum absolute atomic E-state index is 11.0. The summed E-state index contributed by atoms with van der Waals surface area (Å²) >= 11 is 6.05. The molecule has 0 radical (unpaired) electrons. The Kier molecular flexibility index (Phi) is 1.95. The predicted octanol–water partition coefficient (Wildman–Crippen LogP) is 3.25. The van der Waals surface area contributed by atoms with Crippen LogP contribution in [-0.4, -0.2) is 27.1 Å². The van der Waals surface area contributed by atoms with E-state index in [0.29, 0.717) is 5.56 Å². The van der Waals surface area contributed by atoms with Gasteiger partial charge < -0.3 is 15.4 Å². The molecule has 0 amide bonds. The third-order valence-corrected chi connectivity index (χ3v) is 2.63. The van der Waals surface area contributed by atoms with Gasteiger partial charge in [-0.1, -0.05) is 11.6 Å². The SMILES string of the molecule is [2H]C([2H])([2H])C([2H])(Nc1cc(-c2c[nH]c(C(=O)O)c2)c(Cl)cn1)C([2H])([2H])[2H]. The highest BCUT2D eigenvalue weighted by atomic mass is 35.5. The zero-order valence-electron chi connectivity index (χ0n) is 16.5. The lowest BCUT2D eigenvalue weighted by Crippen LogP contribution is -2.10. The smallest absolute Gasteiger partial charge is 0.352 e. The number of aromatic amines is 1. The van der Waals surface area contributed by atoms with Gasteiger partial charge in [-0.05, 0) is 25.8 Å². The number of H-pyrrole nitrogens is 1. The first-order valence-electron chi connectivity index (χ1n) is 8.62. The van der Waals surface area contributed by atoms with Gasteiger partial charge in [-0.15, -0.1) is 0 Å². The Bertz CT molecular complexity index is 818. The highest BCUT2D eigenvalue weighted by Crippen LogP contribution is 2.29. The summed E-state index contributed by atoms with van der Waals surface area (Å²) in [6, 6.07) is -0.449. The molecular formula is C13H14ClN3O2. The first-order chi connectivity index (χ1) is 11.8. The molecule has 0 aliphatic carbocycles. The van der Waals surface area contributed by atoms with E-state index in [1.807, 2.05) is 0 Å². The molecule has 0 aliphatic rings. The van der Waals surface area contributed by atoms with Crippen LogP contribution < -0.4 is 5.32 Å². The lowest BCUT2D eigenvalue weighted by molar-refractivity contribution is 0.0691. The monoisotopic (exact) mass is 286 g/mol. The number of hydrogen-bond donors (Lipinski definition) is 3. The van der Waals surface area contributed by atoms with Crippen molar-refractivity contribution < 1.29 is 19.5 Å². The van der Waals surface area contributed by atoms with E-state index < -0.39 is 25.7 Å². The quantitative estimate of drug-likeness (QED) is 0.806. The molecule has 2 rings (SSSR count). The van der Waals surface area contributed by atoms with Gasteiger partial charge in [0.2, 0.25) is 0 Å². The van der Waals surface area contributed by atoms with Crippen molar-refractivity contribution in [2.24, 2.45) is 0 Å². The van der Waals surface area contributed by atoms with Crippen molar-refractivity contribution in [2.75, 3.05) is 5.32 Å². The Morgan fingerprint density at radius 3 is 3.05 bits per heavy atom. The largest absolute Gasteiger partial charge is 0.477 e. The molecule has 19 heavy (non-hydrogen) atoms. The fourth-order valence-electron chi connectivity index (χ4n) is 1.53. The van der Waals surface area contributed by atoms with Gasteiger partial charge in [-0.2, -0.15) is 0 Å². The average Bonchev–Trinajstić information content (AvgIpc) is 2.96. The van der Waals surface area contributed by atoms with Crippen LogP contribution in [0, 0.1) is 0 Å². The van der Waals surface area contributed by atoms with Gasteiger partial charge in [0.1, 0.15) is 11.5 Å². The van der Waals surface area contributed by atoms with Gasteiger partial charge in [-0.25, -0.2) is 9.78 Å². The van der Waals surface area contributed by atoms with Crippen LogP contribution in [0.4, 0.5) is 5.82 Å². The van der Waals surface area contributed by atoms with E-state index in [-0.39, 0.29) is 22.1 Å². The number of hydrogen-bond acceptors (Lipinski definition) is 3. The fraction of sp³-hybridized carbons (Fsp3) is 0.231. The molecule has 5 nitrogen and oxygen atoms in total. The van der Waals surface area contributed by atoms with Crippen LogP contribution in [0.1, 0.15) is 33.8 Å². The van der Waals surface area contributed by atoms with E-state index >= 15 is 0 Å². The van der Waals surface area contributed by atoms with Gasteiger partial charge in [0, 0.05) is 37.8 Å². The van der Waals surface area contributed by atoms with Crippen LogP contribution in [0.5, 0.6) is 0 Å². The number of aromatic carboxylic acids is 1. The lowest BCUT2D eigenvalue weighted by atomic mass is 10.1. The third kappa shape index (κ3) is 3.06. The lowest BCUT2D eigenvalue weighted by Gasteiger charge is -2.10. The predicted molar refractivity (Wildman–Crippen MR) is 74.8 cm³/mol. The molecule has 0 aliphatic heterocycles. The molecule has 0 aromatic carbocycles. The number of nitrogens with one attached hydrogen (secondary N) is 2. The number of aromatic nitrogens is 2. The summed E-state index contributed by atoms with van der Waals surface area (Å²) in [4.78, 5) is 17.3. The third-order valence-electron chi connectivity index (χ3n) is 2.33. The van der Waals surface area contributed by atoms with E-state index in [1.165, 1.54) is 18.3 Å². The van der Waals surface area contributed by atoms with Crippen LogP contribution in [0.2, 0.25) is 5.02 Å². The number of nitrogens with zero attached hydrogens (tertiary/aromatic N) is 1. The van der Waals surface area contributed by atoms with Crippen molar-refractivity contribution in [3.05, 3.63) is 35.2 Å². The zero-order chi connectivity index (χ0) is 19.9. The molecule has 100 valence electrons. The van der Waals surface area contributed by atoms with E-state index in [4.69, 9.17) is 26.3 Å². The van der Waals surface area contributed by atoms with Gasteiger partial charge >= 0.3 is 5.97 Å². The molecule has 3 N–H and O–H groups in total. The second-order valence-corrected chi connectivity index (χ2v) is 4.06. The number of anilines is 1. The number of carbonyl (C=O) groups is 1. The van der Waals surface area contributed by atoms with Gasteiger partial charge in [0.05, 0.1) is 6.39 Å². The van der Waals surface area contributed by atoms with Crippen molar-refractivity contribution in [1.82, 2.24) is 9.97 Å². The molecule has 0 bridgehead atoms. The summed E-state index contributed by atoms with van der Waals surface area (Å²) in [6.07, 6.45) is 2.52. The standard InChI is InChI=1S/C13H14ClN3O2/c1-7(2)17-12-4-9(10(14)6-16-12)8-3-11(13(18)19)15-5-8/h3-7,15H,1-2H3,(H,16,17)(H,18,19)/i1D3,2D3,7D. The first kappa shape index (κ1) is 6.96. The number of pyridine rings is 1. The Labute approximate surface area is 125 Å². The van der Waals surface area contributed by atoms with E-state index in [2.05, 4.69) is 15.3 Å². The summed E-state index contributed by atoms with van der Waals surface area (Å²) < 4.78 is 52.4. The molecular weight excluding hydrogens is 266 g/mol. The summed E-state index contributed by atoms with van der Waals surface area (Å²) in [5.74, 6) is -1.39. The number of halogens is 1. The van der Waals surface area contributed by atoms with Gasteiger partial charge in [-0.3, -0.25) is 0 Å². The van der Waals surface area contributed by atoms with Crippen molar-refractivity contribution >= 4 is 23.4 Å². The molecule has 0 atom stereocenters. The molecule has 2 heterocycles. The van der Waals surface area contributed by atoms with Crippen molar-refractivity contribution in [2.45, 2.75) is 19.7 Å². The topological polar surface area (TPSA) is 78.0 Å². The summed E-state index contributed by atoms with van der Waals surface area (Å²) in [7, 11) is 0. The minimum atomic E-state index is -3.18.